The molecule has 0 amide bonds. The van der Waals surface area contributed by atoms with Crippen LogP contribution in [0.25, 0.3) is 10.9 Å². The number of aliphatic hydroxyl groups excluding tert-OH is 1. The Balaban J connectivity index is 1.58. The van der Waals surface area contributed by atoms with E-state index in [1.807, 2.05) is 6.07 Å². The fourth-order valence-electron chi connectivity index (χ4n) is 4.51. The molecule has 2 aromatic carbocycles. The molecule has 1 saturated heterocycles. The van der Waals surface area contributed by atoms with Crippen LogP contribution in [0.2, 0.25) is 0 Å². The van der Waals surface area contributed by atoms with Crippen LogP contribution in [0.3, 0.4) is 0 Å². The molecule has 0 saturated carbocycles. The van der Waals surface area contributed by atoms with Crippen LogP contribution in [0, 0.1) is 11.8 Å². The number of nitrogens with one attached hydrogen (secondary N) is 4. The van der Waals surface area contributed by atoms with Crippen LogP contribution in [0.4, 0.5) is 24.5 Å². The van der Waals surface area contributed by atoms with Gasteiger partial charge in [-0.2, -0.15) is 13.2 Å². The van der Waals surface area contributed by atoms with Gasteiger partial charge in [-0.15, -0.1) is 0 Å². The zero-order valence-corrected chi connectivity index (χ0v) is 20.9. The van der Waals surface area contributed by atoms with Crippen LogP contribution in [0.1, 0.15) is 30.3 Å². The maximum Gasteiger partial charge on any atom is 0.406 e. The minimum Gasteiger partial charge on any atom is -0.495 e. The van der Waals surface area contributed by atoms with Gasteiger partial charge in [0.05, 0.1) is 30.6 Å². The fraction of sp³-hybridized carbons (Fsp3) is 0.407. The van der Waals surface area contributed by atoms with E-state index in [2.05, 4.69) is 33.1 Å². The summed E-state index contributed by atoms with van der Waals surface area (Å²) in [6.07, 6.45) is -3.30. The number of hydrogen-bond acceptors (Lipinski definition) is 6. The van der Waals surface area contributed by atoms with Crippen LogP contribution >= 0.6 is 0 Å². The third-order valence-electron chi connectivity index (χ3n) is 6.38. The molecule has 0 radical (unpaired) electrons. The van der Waals surface area contributed by atoms with Crippen molar-refractivity contribution in [2.24, 2.45) is 0 Å². The van der Waals surface area contributed by atoms with Gasteiger partial charge in [-0.1, -0.05) is 18.1 Å². The van der Waals surface area contributed by atoms with Crippen molar-refractivity contribution >= 4 is 22.3 Å². The summed E-state index contributed by atoms with van der Waals surface area (Å²) in [7, 11) is 3.16. The molecule has 0 aliphatic carbocycles. The molecule has 4 rings (SSSR count). The predicted octanol–water partition coefficient (Wildman–Crippen LogP) is 4.05. The highest BCUT2D eigenvalue weighted by Gasteiger charge is 2.30. The van der Waals surface area contributed by atoms with Gasteiger partial charge < -0.3 is 30.4 Å². The second-order valence-electron chi connectivity index (χ2n) is 8.94. The second kappa shape index (κ2) is 11.8. The molecule has 3 aromatic rings. The lowest BCUT2D eigenvalue weighted by atomic mass is 10.1. The highest BCUT2D eigenvalue weighted by atomic mass is 19.4. The SMILES string of the molecule is CNC(O)c1ccc(NCC#Cc2cc3c(NC4CCNCC4)cccc3n2CC(F)(F)F)c(OC)c1. The van der Waals surface area contributed by atoms with Gasteiger partial charge in [0.2, 0.25) is 0 Å². The fourth-order valence-corrected chi connectivity index (χ4v) is 4.51. The molecular weight excluding hydrogens is 483 g/mol. The summed E-state index contributed by atoms with van der Waals surface area (Å²) in [5.74, 6) is 6.39. The number of anilines is 2. The minimum atomic E-state index is -4.38. The molecule has 37 heavy (non-hydrogen) atoms. The van der Waals surface area contributed by atoms with E-state index in [0.29, 0.717) is 28.2 Å². The molecule has 7 nitrogen and oxygen atoms in total. The van der Waals surface area contributed by atoms with Crippen molar-refractivity contribution in [1.82, 2.24) is 15.2 Å². The summed E-state index contributed by atoms with van der Waals surface area (Å²) in [5.41, 5.74) is 2.91. The van der Waals surface area contributed by atoms with Crippen LogP contribution in [-0.2, 0) is 6.54 Å². The van der Waals surface area contributed by atoms with E-state index >= 15 is 0 Å². The van der Waals surface area contributed by atoms with Crippen molar-refractivity contribution < 1.29 is 23.0 Å². The molecule has 1 fully saturated rings. The Kier molecular flexibility index (Phi) is 8.48. The molecule has 2 heterocycles. The highest BCUT2D eigenvalue weighted by molar-refractivity contribution is 5.94. The molecule has 5 N–H and O–H groups in total. The maximum atomic E-state index is 13.5. The molecule has 1 unspecified atom stereocenters. The second-order valence-corrected chi connectivity index (χ2v) is 8.94. The van der Waals surface area contributed by atoms with Crippen molar-refractivity contribution in [1.29, 1.82) is 0 Å². The Morgan fingerprint density at radius 1 is 1.16 bits per heavy atom. The number of halogens is 3. The number of ether oxygens (including phenoxy) is 1. The predicted molar refractivity (Wildman–Crippen MR) is 140 cm³/mol. The topological polar surface area (TPSA) is 82.5 Å². The monoisotopic (exact) mass is 515 g/mol. The Bertz CT molecular complexity index is 1270. The van der Waals surface area contributed by atoms with E-state index in [0.717, 1.165) is 37.0 Å². The Hall–Kier alpha value is -3.39. The molecule has 0 spiro atoms. The van der Waals surface area contributed by atoms with Gasteiger partial charge in [-0.05, 0) is 74.8 Å². The third kappa shape index (κ3) is 6.68. The molecule has 1 aromatic heterocycles. The standard InChI is InChI=1S/C27H32F3N5O2/c1-31-26(36)18-8-9-23(25(15-18)37-2)33-12-4-5-20-16-21-22(34-19-10-13-32-14-11-19)6-3-7-24(21)35(20)17-27(28,29)30/h3,6-9,15-16,19,26,31-34,36H,10-14,17H2,1-2H3. The number of fused-ring (bicyclic) bond motifs is 1. The summed E-state index contributed by atoms with van der Waals surface area (Å²) in [6, 6.07) is 12.6. The quantitative estimate of drug-likeness (QED) is 0.230. The number of hydrogen-bond donors (Lipinski definition) is 5. The number of methoxy groups -OCH3 is 1. The third-order valence-corrected chi connectivity index (χ3v) is 6.38. The number of piperidine rings is 1. The largest absolute Gasteiger partial charge is 0.495 e. The number of alkyl halides is 3. The Labute approximate surface area is 214 Å². The number of benzene rings is 2. The van der Waals surface area contributed by atoms with E-state index in [1.165, 1.54) is 11.7 Å². The first-order valence-corrected chi connectivity index (χ1v) is 12.2. The highest BCUT2D eigenvalue weighted by Crippen LogP contribution is 2.31. The first-order chi connectivity index (χ1) is 17.8. The first-order valence-electron chi connectivity index (χ1n) is 12.2. The summed E-state index contributed by atoms with van der Waals surface area (Å²) in [5, 5.41) is 23.4. The van der Waals surface area contributed by atoms with Crippen molar-refractivity contribution in [2.45, 2.75) is 37.8 Å². The lowest BCUT2D eigenvalue weighted by Crippen LogP contribution is -2.35. The van der Waals surface area contributed by atoms with Gasteiger partial charge >= 0.3 is 6.18 Å². The summed E-state index contributed by atoms with van der Waals surface area (Å²) < 4.78 is 47.0. The average molecular weight is 516 g/mol. The molecule has 1 aliphatic rings. The van der Waals surface area contributed by atoms with Gasteiger partial charge in [0.1, 0.15) is 18.5 Å². The molecule has 1 atom stereocenters. The molecular formula is C27H32F3N5O2. The number of nitrogens with zero attached hydrogens (tertiary/aromatic N) is 1. The summed E-state index contributed by atoms with van der Waals surface area (Å²) in [6.45, 7) is 0.901. The van der Waals surface area contributed by atoms with E-state index in [1.54, 1.807) is 43.4 Å². The number of rotatable bonds is 8. The zero-order chi connectivity index (χ0) is 26.4. The van der Waals surface area contributed by atoms with Crippen LogP contribution in [0.5, 0.6) is 5.75 Å². The van der Waals surface area contributed by atoms with Gasteiger partial charge in [0.15, 0.2) is 0 Å². The van der Waals surface area contributed by atoms with E-state index < -0.39 is 18.9 Å². The lowest BCUT2D eigenvalue weighted by Gasteiger charge is -2.25. The zero-order valence-electron chi connectivity index (χ0n) is 20.9. The van der Waals surface area contributed by atoms with Crippen molar-refractivity contribution in [3.05, 3.63) is 53.7 Å². The van der Waals surface area contributed by atoms with Gasteiger partial charge in [-0.3, -0.25) is 5.32 Å². The van der Waals surface area contributed by atoms with Crippen molar-refractivity contribution in [3.8, 4) is 17.6 Å². The average Bonchev–Trinajstić information content (AvgIpc) is 3.23. The minimum absolute atomic E-state index is 0.192. The first kappa shape index (κ1) is 26.7. The Morgan fingerprint density at radius 3 is 2.65 bits per heavy atom. The Morgan fingerprint density at radius 2 is 1.95 bits per heavy atom. The smallest absolute Gasteiger partial charge is 0.406 e. The number of aliphatic hydroxyl groups is 1. The van der Waals surface area contributed by atoms with Crippen molar-refractivity contribution in [3.63, 3.8) is 0 Å². The molecule has 1 aliphatic heterocycles. The maximum absolute atomic E-state index is 13.5. The van der Waals surface area contributed by atoms with Crippen LogP contribution in [0.15, 0.2) is 42.5 Å². The normalized spacial score (nSPS) is 15.2. The summed E-state index contributed by atoms with van der Waals surface area (Å²) in [4.78, 5) is 0. The molecule has 198 valence electrons. The van der Waals surface area contributed by atoms with E-state index in [-0.39, 0.29) is 12.6 Å². The van der Waals surface area contributed by atoms with Gasteiger partial charge in [0, 0.05) is 17.1 Å². The van der Waals surface area contributed by atoms with Crippen molar-refractivity contribution in [2.75, 3.05) is 44.4 Å². The van der Waals surface area contributed by atoms with Gasteiger partial charge in [-0.25, -0.2) is 0 Å². The number of aromatic nitrogens is 1. The molecule has 10 heteroatoms. The van der Waals surface area contributed by atoms with Crippen LogP contribution < -0.4 is 26.0 Å². The van der Waals surface area contributed by atoms with Crippen LogP contribution in [-0.4, -0.2) is 55.7 Å². The van der Waals surface area contributed by atoms with E-state index in [4.69, 9.17) is 4.74 Å². The van der Waals surface area contributed by atoms with E-state index in [9.17, 15) is 18.3 Å². The lowest BCUT2D eigenvalue weighted by molar-refractivity contribution is -0.140. The molecule has 0 bridgehead atoms. The van der Waals surface area contributed by atoms with Gasteiger partial charge in [0.25, 0.3) is 0 Å². The summed E-state index contributed by atoms with van der Waals surface area (Å²) >= 11 is 0.